The van der Waals surface area contributed by atoms with Crippen LogP contribution in [0.5, 0.6) is 0 Å². The molecular formula is C40H40F5N3O2S. The summed E-state index contributed by atoms with van der Waals surface area (Å²) in [4.78, 5) is 36.3. The average Bonchev–Trinajstić information content (AvgIpc) is 3.63. The van der Waals surface area contributed by atoms with Gasteiger partial charge in [-0.25, -0.2) is 8.78 Å². The van der Waals surface area contributed by atoms with Gasteiger partial charge in [-0.05, 0) is 98.2 Å². The minimum atomic E-state index is -4.41. The quantitative estimate of drug-likeness (QED) is 0.154. The lowest BCUT2D eigenvalue weighted by Gasteiger charge is -2.41. The number of carbonyl (C=O) groups is 2. The van der Waals surface area contributed by atoms with Gasteiger partial charge in [0.15, 0.2) is 17.4 Å². The normalized spacial score (nSPS) is 20.9. The highest BCUT2D eigenvalue weighted by atomic mass is 32.1. The third kappa shape index (κ3) is 7.20. The molecule has 1 aromatic heterocycles. The smallest absolute Gasteiger partial charge is 0.356 e. The predicted molar refractivity (Wildman–Crippen MR) is 189 cm³/mol. The first-order valence-electron chi connectivity index (χ1n) is 17.6. The molecule has 1 saturated carbocycles. The number of thiophene rings is 1. The van der Waals surface area contributed by atoms with E-state index in [4.69, 9.17) is 0 Å². The summed E-state index contributed by atoms with van der Waals surface area (Å²) in [6.07, 6.45) is -1.08. The van der Waals surface area contributed by atoms with Crippen LogP contribution >= 0.6 is 11.3 Å². The highest BCUT2D eigenvalue weighted by Crippen LogP contribution is 2.57. The summed E-state index contributed by atoms with van der Waals surface area (Å²) in [5, 5.41) is 0. The van der Waals surface area contributed by atoms with E-state index in [1.165, 1.54) is 29.5 Å². The van der Waals surface area contributed by atoms with Crippen LogP contribution in [-0.2, 0) is 23.9 Å². The third-order valence-corrected chi connectivity index (χ3v) is 12.2. The number of likely N-dealkylation sites (tertiary alicyclic amines) is 1. The largest absolute Gasteiger partial charge is 0.416 e. The van der Waals surface area contributed by atoms with Crippen molar-refractivity contribution in [3.8, 4) is 10.4 Å². The van der Waals surface area contributed by atoms with Crippen molar-refractivity contribution in [2.75, 3.05) is 31.1 Å². The van der Waals surface area contributed by atoms with Crippen LogP contribution in [-0.4, -0.2) is 59.3 Å². The number of alkyl halides is 3. The zero-order chi connectivity index (χ0) is 35.9. The number of halogens is 5. The van der Waals surface area contributed by atoms with Crippen LogP contribution in [0.15, 0.2) is 78.9 Å². The number of rotatable bonds is 10. The second-order valence-corrected chi connectivity index (χ2v) is 15.1. The zero-order valence-corrected chi connectivity index (χ0v) is 29.2. The van der Waals surface area contributed by atoms with Crippen molar-refractivity contribution >= 4 is 28.7 Å². The van der Waals surface area contributed by atoms with E-state index in [1.54, 1.807) is 12.1 Å². The predicted octanol–water partition coefficient (Wildman–Crippen LogP) is 9.01. The van der Waals surface area contributed by atoms with Gasteiger partial charge in [-0.2, -0.15) is 13.2 Å². The number of nitrogens with zero attached hydrogens (tertiary/aromatic N) is 3. The molecule has 2 aliphatic heterocycles. The summed E-state index contributed by atoms with van der Waals surface area (Å²) in [6, 6.07) is 20.5. The molecule has 3 heterocycles. The Morgan fingerprint density at radius 1 is 0.961 bits per heavy atom. The lowest BCUT2D eigenvalue weighted by molar-refractivity contribution is -0.137. The maximum atomic E-state index is 14.8. The lowest BCUT2D eigenvalue weighted by Crippen LogP contribution is -2.52. The number of carbonyl (C=O) groups excluding carboxylic acids is 2. The van der Waals surface area contributed by atoms with Gasteiger partial charge in [0.05, 0.1) is 18.7 Å². The molecule has 0 bridgehead atoms. The monoisotopic (exact) mass is 721 g/mol. The molecule has 7 rings (SSSR count). The van der Waals surface area contributed by atoms with Gasteiger partial charge in [-0.3, -0.25) is 9.59 Å². The number of hydrogen-bond donors (Lipinski definition) is 0. The Bertz CT molecular complexity index is 1900. The highest BCUT2D eigenvalue weighted by molar-refractivity contribution is 7.15. The summed E-state index contributed by atoms with van der Waals surface area (Å²) in [5.41, 5.74) is 0.943. The highest BCUT2D eigenvalue weighted by Gasteiger charge is 2.60. The second kappa shape index (κ2) is 14.1. The minimum absolute atomic E-state index is 0.0162. The van der Waals surface area contributed by atoms with E-state index >= 15 is 0 Å². The van der Waals surface area contributed by atoms with Gasteiger partial charge in [-0.1, -0.05) is 43.3 Å². The van der Waals surface area contributed by atoms with Crippen molar-refractivity contribution in [3.05, 3.63) is 112 Å². The standard InChI is InChI=1S/C40H40F5N3O2S/c1-2-46-20-17-30(18-21-46)47(24-31-14-15-36(51-31)26-10-12-28(13-11-26)40(43,44)45)37(50)25-48-34-9-4-3-7-32(34)35(49)22-29-23-39(29,48)19-16-27-6-5-8-33(41)38(27)42/h3-15,29-30H,2,16-25H2,1H3. The van der Waals surface area contributed by atoms with E-state index in [0.717, 1.165) is 60.4 Å². The molecule has 3 aromatic carbocycles. The Labute approximate surface area is 298 Å². The van der Waals surface area contributed by atoms with Gasteiger partial charge in [0.25, 0.3) is 0 Å². The van der Waals surface area contributed by atoms with Crippen molar-refractivity contribution < 1.29 is 31.5 Å². The van der Waals surface area contributed by atoms with Gasteiger partial charge < -0.3 is 14.7 Å². The maximum absolute atomic E-state index is 14.8. The fourth-order valence-corrected chi connectivity index (χ4v) is 9.07. The molecule has 5 nitrogen and oxygen atoms in total. The molecule has 1 saturated heterocycles. The van der Waals surface area contributed by atoms with Crippen LogP contribution < -0.4 is 4.90 Å². The topological polar surface area (TPSA) is 43.9 Å². The van der Waals surface area contributed by atoms with Crippen LogP contribution in [0, 0.1) is 17.6 Å². The molecule has 4 aromatic rings. The molecule has 1 aliphatic carbocycles. The van der Waals surface area contributed by atoms with Crippen LogP contribution in [0.25, 0.3) is 10.4 Å². The molecule has 2 fully saturated rings. The van der Waals surface area contributed by atoms with Crippen molar-refractivity contribution in [2.24, 2.45) is 5.92 Å². The Hall–Kier alpha value is -4.09. The zero-order valence-electron chi connectivity index (χ0n) is 28.4. The molecule has 3 aliphatic rings. The molecule has 2 atom stereocenters. The average molecular weight is 722 g/mol. The number of fused-ring (bicyclic) bond motifs is 2. The summed E-state index contributed by atoms with van der Waals surface area (Å²) in [6.45, 7) is 5.14. The summed E-state index contributed by atoms with van der Waals surface area (Å²) >= 11 is 1.46. The molecular weight excluding hydrogens is 682 g/mol. The van der Waals surface area contributed by atoms with Gasteiger partial charge in [0.2, 0.25) is 5.91 Å². The first-order valence-corrected chi connectivity index (χ1v) is 18.4. The second-order valence-electron chi connectivity index (χ2n) is 14.0. The Kier molecular flexibility index (Phi) is 9.80. The number of hydrogen-bond acceptors (Lipinski definition) is 5. The molecule has 0 spiro atoms. The van der Waals surface area contributed by atoms with Gasteiger partial charge in [0.1, 0.15) is 0 Å². The molecule has 0 N–H and O–H groups in total. The SMILES string of the molecule is CCN1CCC(N(Cc2ccc(-c3ccc(C(F)(F)F)cc3)s2)C(=O)CN2c3ccccc3C(=O)CC3CC32CCc2cccc(F)c2F)CC1. The molecule has 268 valence electrons. The van der Waals surface area contributed by atoms with Crippen LogP contribution in [0.3, 0.4) is 0 Å². The van der Waals surface area contributed by atoms with Crippen molar-refractivity contribution in [3.63, 3.8) is 0 Å². The maximum Gasteiger partial charge on any atom is 0.416 e. The molecule has 51 heavy (non-hydrogen) atoms. The van der Waals surface area contributed by atoms with Crippen molar-refractivity contribution in [2.45, 2.75) is 69.8 Å². The molecule has 11 heteroatoms. The van der Waals surface area contributed by atoms with Gasteiger partial charge in [0, 0.05) is 52.1 Å². The van der Waals surface area contributed by atoms with E-state index in [0.29, 0.717) is 42.6 Å². The molecule has 2 unspecified atom stereocenters. The number of para-hydroxylation sites is 1. The minimum Gasteiger partial charge on any atom is -0.356 e. The number of piperidine rings is 1. The fraction of sp³-hybridized carbons (Fsp3) is 0.400. The Balaban J connectivity index is 1.18. The number of ketones is 1. The first kappa shape index (κ1) is 35.3. The Morgan fingerprint density at radius 2 is 1.71 bits per heavy atom. The van der Waals surface area contributed by atoms with Gasteiger partial charge >= 0.3 is 6.18 Å². The lowest BCUT2D eigenvalue weighted by atomic mass is 9.98. The van der Waals surface area contributed by atoms with E-state index in [-0.39, 0.29) is 42.2 Å². The van der Waals surface area contributed by atoms with Crippen LogP contribution in [0.2, 0.25) is 0 Å². The number of Topliss-reactive ketones (excluding diaryl/α,β-unsaturated/α-hetero) is 1. The summed E-state index contributed by atoms with van der Waals surface area (Å²) in [5.74, 6) is -1.85. The van der Waals surface area contributed by atoms with Gasteiger partial charge in [-0.15, -0.1) is 11.3 Å². The van der Waals surface area contributed by atoms with Crippen molar-refractivity contribution in [1.29, 1.82) is 0 Å². The number of benzene rings is 3. The number of aryl methyl sites for hydroxylation is 1. The molecule has 0 radical (unpaired) electrons. The van der Waals surface area contributed by atoms with E-state index in [2.05, 4.69) is 16.7 Å². The van der Waals surface area contributed by atoms with Crippen molar-refractivity contribution in [1.82, 2.24) is 9.80 Å². The Morgan fingerprint density at radius 3 is 2.43 bits per heavy atom. The molecule has 1 amide bonds. The number of amides is 1. The van der Waals surface area contributed by atoms with Crippen LogP contribution in [0.4, 0.5) is 27.6 Å². The summed E-state index contributed by atoms with van der Waals surface area (Å²) in [7, 11) is 0. The van der Waals surface area contributed by atoms with E-state index in [9.17, 15) is 31.5 Å². The van der Waals surface area contributed by atoms with E-state index in [1.807, 2.05) is 35.2 Å². The van der Waals surface area contributed by atoms with E-state index < -0.39 is 28.9 Å². The van der Waals surface area contributed by atoms with Crippen LogP contribution in [0.1, 0.15) is 65.4 Å². The first-order chi connectivity index (χ1) is 24.5. The third-order valence-electron chi connectivity index (χ3n) is 11.1. The number of anilines is 1. The summed E-state index contributed by atoms with van der Waals surface area (Å²) < 4.78 is 68.4. The fourth-order valence-electron chi connectivity index (χ4n) is 8.06.